The van der Waals surface area contributed by atoms with Crippen LogP contribution in [-0.2, 0) is 4.79 Å². The van der Waals surface area contributed by atoms with Crippen LogP contribution >= 0.6 is 15.9 Å². The summed E-state index contributed by atoms with van der Waals surface area (Å²) in [4.78, 5) is 15.0. The van der Waals surface area contributed by atoms with Gasteiger partial charge < -0.3 is 9.84 Å². The minimum atomic E-state index is -0.844. The molecule has 1 unspecified atom stereocenters. The summed E-state index contributed by atoms with van der Waals surface area (Å²) >= 11 is 3.30. The van der Waals surface area contributed by atoms with Crippen molar-refractivity contribution in [1.29, 1.82) is 0 Å². The Balaban J connectivity index is 2.10. The Labute approximate surface area is 119 Å². The van der Waals surface area contributed by atoms with Crippen LogP contribution in [-0.4, -0.2) is 16.1 Å². The summed E-state index contributed by atoms with van der Waals surface area (Å²) in [5.41, 5.74) is 0.739. The summed E-state index contributed by atoms with van der Waals surface area (Å²) in [6.07, 6.45) is 1.65. The molecule has 1 aromatic heterocycles. The van der Waals surface area contributed by atoms with Crippen molar-refractivity contribution in [3.8, 4) is 11.6 Å². The first kappa shape index (κ1) is 13.5. The van der Waals surface area contributed by atoms with Gasteiger partial charge in [-0.05, 0) is 46.6 Å². The van der Waals surface area contributed by atoms with E-state index in [2.05, 4.69) is 20.9 Å². The molecule has 1 atom stereocenters. The first-order valence-corrected chi connectivity index (χ1v) is 6.48. The highest BCUT2D eigenvalue weighted by Crippen LogP contribution is 2.23. The summed E-state index contributed by atoms with van der Waals surface area (Å²) in [5.74, 6) is -0.263. The van der Waals surface area contributed by atoms with Gasteiger partial charge in [-0.1, -0.05) is 12.1 Å². The van der Waals surface area contributed by atoms with Crippen LogP contribution in [0.3, 0.4) is 0 Å². The quantitative estimate of drug-likeness (QED) is 0.929. The van der Waals surface area contributed by atoms with Crippen molar-refractivity contribution in [2.24, 2.45) is 0 Å². The number of hydrogen-bond donors (Lipinski definition) is 1. The molecular formula is C14H12BrNO3. The topological polar surface area (TPSA) is 59.4 Å². The summed E-state index contributed by atoms with van der Waals surface area (Å²) in [7, 11) is 0. The number of carbonyl (C=O) groups is 1. The van der Waals surface area contributed by atoms with Gasteiger partial charge in [0.1, 0.15) is 5.75 Å². The van der Waals surface area contributed by atoms with Gasteiger partial charge in [-0.3, -0.25) is 4.79 Å². The molecule has 0 saturated heterocycles. The molecule has 1 aromatic carbocycles. The number of halogens is 1. The number of nitrogens with zero attached hydrogens (tertiary/aromatic N) is 1. The van der Waals surface area contributed by atoms with Crippen LogP contribution in [0.4, 0.5) is 0 Å². The molecule has 0 spiro atoms. The highest BCUT2D eigenvalue weighted by molar-refractivity contribution is 9.10. The summed E-state index contributed by atoms with van der Waals surface area (Å²) < 4.78 is 6.43. The molecule has 1 N–H and O–H groups in total. The van der Waals surface area contributed by atoms with Crippen LogP contribution in [0.2, 0.25) is 0 Å². The molecule has 19 heavy (non-hydrogen) atoms. The lowest BCUT2D eigenvalue weighted by atomic mass is 10.0. The predicted octanol–water partition coefficient (Wildman–Crippen LogP) is 3.82. The molecule has 0 aliphatic carbocycles. The molecule has 0 fully saturated rings. The van der Waals surface area contributed by atoms with E-state index in [-0.39, 0.29) is 0 Å². The third-order valence-electron chi connectivity index (χ3n) is 2.67. The van der Waals surface area contributed by atoms with Crippen molar-refractivity contribution < 1.29 is 14.6 Å². The van der Waals surface area contributed by atoms with E-state index in [1.807, 2.05) is 6.07 Å². The Morgan fingerprint density at radius 2 is 1.95 bits per heavy atom. The fraction of sp³-hybridized carbons (Fsp3) is 0.143. The minimum Gasteiger partial charge on any atom is -0.481 e. The molecule has 0 amide bonds. The molecule has 0 bridgehead atoms. The predicted molar refractivity (Wildman–Crippen MR) is 74.5 cm³/mol. The van der Waals surface area contributed by atoms with Crippen molar-refractivity contribution in [3.63, 3.8) is 0 Å². The van der Waals surface area contributed by atoms with Crippen molar-refractivity contribution >= 4 is 21.9 Å². The molecule has 0 radical (unpaired) electrons. The summed E-state index contributed by atoms with van der Waals surface area (Å²) in [5, 5.41) is 8.92. The van der Waals surface area contributed by atoms with Gasteiger partial charge in [-0.2, -0.15) is 0 Å². The number of hydrogen-bond acceptors (Lipinski definition) is 3. The monoisotopic (exact) mass is 321 g/mol. The fourth-order valence-electron chi connectivity index (χ4n) is 1.51. The van der Waals surface area contributed by atoms with Gasteiger partial charge in [0.05, 0.1) is 5.92 Å². The zero-order valence-corrected chi connectivity index (χ0v) is 11.8. The SMILES string of the molecule is CC(C(=O)O)c1ccc(Oc2ccc(Br)cn2)cc1. The van der Waals surface area contributed by atoms with E-state index in [4.69, 9.17) is 9.84 Å². The maximum Gasteiger partial charge on any atom is 0.310 e. The minimum absolute atomic E-state index is 0.488. The first-order valence-electron chi connectivity index (χ1n) is 5.68. The van der Waals surface area contributed by atoms with E-state index in [1.165, 1.54) is 0 Å². The van der Waals surface area contributed by atoms with Crippen LogP contribution in [0.5, 0.6) is 11.6 Å². The van der Waals surface area contributed by atoms with Gasteiger partial charge >= 0.3 is 5.97 Å². The average Bonchev–Trinajstić information content (AvgIpc) is 2.41. The van der Waals surface area contributed by atoms with Crippen LogP contribution in [0, 0.1) is 0 Å². The van der Waals surface area contributed by atoms with Crippen molar-refractivity contribution in [2.75, 3.05) is 0 Å². The summed E-state index contributed by atoms with van der Waals surface area (Å²) in [6, 6.07) is 10.5. The molecule has 98 valence electrons. The number of rotatable bonds is 4. The number of aliphatic carboxylic acids is 1. The number of carboxylic acids is 1. The molecular weight excluding hydrogens is 310 g/mol. The van der Waals surface area contributed by atoms with Gasteiger partial charge in [0.15, 0.2) is 0 Å². The van der Waals surface area contributed by atoms with Crippen LogP contribution in [0.15, 0.2) is 47.1 Å². The zero-order valence-electron chi connectivity index (χ0n) is 10.2. The molecule has 0 aliphatic rings. The number of pyridine rings is 1. The third kappa shape index (κ3) is 3.54. The van der Waals surface area contributed by atoms with Crippen molar-refractivity contribution in [3.05, 3.63) is 52.6 Å². The van der Waals surface area contributed by atoms with Crippen LogP contribution in [0.1, 0.15) is 18.4 Å². The lowest BCUT2D eigenvalue weighted by Gasteiger charge is -2.08. The largest absolute Gasteiger partial charge is 0.481 e. The molecule has 2 rings (SSSR count). The number of ether oxygens (including phenoxy) is 1. The smallest absolute Gasteiger partial charge is 0.310 e. The number of aromatic nitrogens is 1. The van der Waals surface area contributed by atoms with E-state index < -0.39 is 11.9 Å². The Morgan fingerprint density at radius 1 is 1.26 bits per heavy atom. The second-order valence-electron chi connectivity index (χ2n) is 4.05. The molecule has 0 aliphatic heterocycles. The molecule has 2 aromatic rings. The van der Waals surface area contributed by atoms with E-state index in [0.717, 1.165) is 10.0 Å². The molecule has 5 heteroatoms. The van der Waals surface area contributed by atoms with Crippen LogP contribution < -0.4 is 4.74 Å². The number of carboxylic acid groups (broad SMARTS) is 1. The van der Waals surface area contributed by atoms with Crippen molar-refractivity contribution in [1.82, 2.24) is 4.98 Å². The van der Waals surface area contributed by atoms with E-state index in [0.29, 0.717) is 11.6 Å². The lowest BCUT2D eigenvalue weighted by molar-refractivity contribution is -0.138. The number of benzene rings is 1. The van der Waals surface area contributed by atoms with Gasteiger partial charge in [-0.25, -0.2) is 4.98 Å². The third-order valence-corrected chi connectivity index (χ3v) is 3.14. The normalized spacial score (nSPS) is 11.9. The van der Waals surface area contributed by atoms with Crippen LogP contribution in [0.25, 0.3) is 0 Å². The van der Waals surface area contributed by atoms with Gasteiger partial charge in [0, 0.05) is 16.7 Å². The Hall–Kier alpha value is -1.88. The Morgan fingerprint density at radius 3 is 2.47 bits per heavy atom. The van der Waals surface area contributed by atoms with E-state index in [1.54, 1.807) is 43.5 Å². The summed E-state index contributed by atoms with van der Waals surface area (Å²) in [6.45, 7) is 1.65. The van der Waals surface area contributed by atoms with E-state index >= 15 is 0 Å². The first-order chi connectivity index (χ1) is 9.06. The maximum atomic E-state index is 10.9. The Kier molecular flexibility index (Phi) is 4.16. The lowest BCUT2D eigenvalue weighted by Crippen LogP contribution is -2.06. The van der Waals surface area contributed by atoms with Gasteiger partial charge in [0.25, 0.3) is 0 Å². The molecule has 0 saturated carbocycles. The highest BCUT2D eigenvalue weighted by atomic mass is 79.9. The highest BCUT2D eigenvalue weighted by Gasteiger charge is 2.13. The zero-order chi connectivity index (χ0) is 13.8. The second-order valence-corrected chi connectivity index (χ2v) is 4.96. The fourth-order valence-corrected chi connectivity index (χ4v) is 1.75. The average molecular weight is 322 g/mol. The second kappa shape index (κ2) is 5.84. The standard InChI is InChI=1S/C14H12BrNO3/c1-9(14(17)18)10-2-5-12(6-3-10)19-13-7-4-11(15)8-16-13/h2-9H,1H3,(H,17,18). The Bertz CT molecular complexity index is 566. The van der Waals surface area contributed by atoms with Gasteiger partial charge in [-0.15, -0.1) is 0 Å². The molecule has 4 nitrogen and oxygen atoms in total. The molecule has 1 heterocycles. The van der Waals surface area contributed by atoms with Gasteiger partial charge in [0.2, 0.25) is 5.88 Å². The van der Waals surface area contributed by atoms with Crippen molar-refractivity contribution in [2.45, 2.75) is 12.8 Å². The van der Waals surface area contributed by atoms with E-state index in [9.17, 15) is 4.79 Å². The maximum absolute atomic E-state index is 10.9.